The van der Waals surface area contributed by atoms with E-state index in [1.807, 2.05) is 0 Å². The molecule has 0 saturated heterocycles. The highest BCUT2D eigenvalue weighted by Crippen LogP contribution is 2.23. The van der Waals surface area contributed by atoms with E-state index in [0.29, 0.717) is 5.56 Å². The summed E-state index contributed by atoms with van der Waals surface area (Å²) in [4.78, 5) is 3.77. The number of hydrogen-bond acceptors (Lipinski definition) is 3. The number of alkyl halides is 1. The first kappa shape index (κ1) is 10.7. The maximum Gasteiger partial charge on any atom is 0.134 e. The molecule has 2 unspecified atom stereocenters. The van der Waals surface area contributed by atoms with Crippen LogP contribution in [0.4, 0.5) is 0 Å². The lowest BCUT2D eigenvalue weighted by atomic mass is 10.1. The minimum Gasteiger partial charge on any atom is -0.389 e. The van der Waals surface area contributed by atoms with Crippen LogP contribution in [0.25, 0.3) is 0 Å². The highest BCUT2D eigenvalue weighted by molar-refractivity contribution is 6.30. The molecule has 2 atom stereocenters. The Kier molecular flexibility index (Phi) is 3.93. The second-order valence-electron chi connectivity index (χ2n) is 2.55. The molecule has 3 nitrogen and oxygen atoms in total. The van der Waals surface area contributed by atoms with Crippen LogP contribution in [0, 0.1) is 0 Å². The van der Waals surface area contributed by atoms with Crippen molar-refractivity contribution >= 4 is 23.2 Å². The van der Waals surface area contributed by atoms with Gasteiger partial charge in [-0.2, -0.15) is 0 Å². The van der Waals surface area contributed by atoms with Crippen molar-refractivity contribution in [3.8, 4) is 0 Å². The second-order valence-corrected chi connectivity index (χ2v) is 3.22. The maximum atomic E-state index is 9.51. The van der Waals surface area contributed by atoms with E-state index < -0.39 is 12.2 Å². The molecule has 1 heterocycles. The third-order valence-electron chi connectivity index (χ3n) is 1.63. The van der Waals surface area contributed by atoms with Crippen LogP contribution in [0.3, 0.4) is 0 Å². The number of hydrogen-bond donors (Lipinski definition) is 2. The van der Waals surface area contributed by atoms with Gasteiger partial charge in [0, 0.05) is 11.8 Å². The van der Waals surface area contributed by atoms with Crippen LogP contribution in [0.2, 0.25) is 5.15 Å². The molecule has 0 aromatic carbocycles. The van der Waals surface area contributed by atoms with Crippen LogP contribution in [0.5, 0.6) is 0 Å². The summed E-state index contributed by atoms with van der Waals surface area (Å²) < 4.78 is 0. The lowest BCUT2D eigenvalue weighted by molar-refractivity contribution is 0.0326. The zero-order chi connectivity index (χ0) is 9.84. The van der Waals surface area contributed by atoms with Gasteiger partial charge < -0.3 is 10.2 Å². The summed E-state index contributed by atoms with van der Waals surface area (Å²) in [5.41, 5.74) is 0.386. The second kappa shape index (κ2) is 4.77. The van der Waals surface area contributed by atoms with E-state index in [9.17, 15) is 10.2 Å². The predicted molar refractivity (Wildman–Crippen MR) is 50.9 cm³/mol. The summed E-state index contributed by atoms with van der Waals surface area (Å²) in [6.45, 7) is 0. The maximum absolute atomic E-state index is 9.51. The van der Waals surface area contributed by atoms with Crippen LogP contribution in [0.15, 0.2) is 18.3 Å². The molecule has 13 heavy (non-hydrogen) atoms. The number of aliphatic hydroxyl groups excluding tert-OH is 2. The van der Waals surface area contributed by atoms with Crippen LogP contribution in [-0.2, 0) is 0 Å². The molecule has 0 amide bonds. The summed E-state index contributed by atoms with van der Waals surface area (Å²) in [6, 6.07) is 3.22. The Hall–Kier alpha value is -0.350. The summed E-state index contributed by atoms with van der Waals surface area (Å²) in [5, 5.41) is 18.9. The Balaban J connectivity index is 2.88. The summed E-state index contributed by atoms with van der Waals surface area (Å²) in [5.74, 6) is -0.0492. The lowest BCUT2D eigenvalue weighted by Crippen LogP contribution is -2.20. The first-order chi connectivity index (χ1) is 6.16. The van der Waals surface area contributed by atoms with Gasteiger partial charge in [-0.3, -0.25) is 0 Å². The van der Waals surface area contributed by atoms with Gasteiger partial charge in [-0.05, 0) is 6.07 Å². The van der Waals surface area contributed by atoms with E-state index in [0.717, 1.165) is 0 Å². The molecule has 1 aromatic rings. The van der Waals surface area contributed by atoms with E-state index in [4.69, 9.17) is 23.2 Å². The molecule has 0 spiro atoms. The van der Waals surface area contributed by atoms with Gasteiger partial charge in [0.25, 0.3) is 0 Å². The normalized spacial score (nSPS) is 15.4. The van der Waals surface area contributed by atoms with Crippen molar-refractivity contribution in [3.63, 3.8) is 0 Å². The summed E-state index contributed by atoms with van der Waals surface area (Å²) in [7, 11) is 0. The molecule has 2 N–H and O–H groups in total. The van der Waals surface area contributed by atoms with E-state index in [2.05, 4.69) is 4.98 Å². The molecule has 0 aliphatic heterocycles. The van der Waals surface area contributed by atoms with Crippen molar-refractivity contribution in [2.24, 2.45) is 0 Å². The van der Waals surface area contributed by atoms with Crippen molar-refractivity contribution in [1.29, 1.82) is 0 Å². The Morgan fingerprint density at radius 3 is 2.69 bits per heavy atom. The van der Waals surface area contributed by atoms with Gasteiger partial charge in [0.2, 0.25) is 0 Å². The zero-order valence-electron chi connectivity index (χ0n) is 6.69. The summed E-state index contributed by atoms with van der Waals surface area (Å²) in [6.07, 6.45) is -0.604. The number of halogens is 2. The third kappa shape index (κ3) is 2.54. The predicted octanol–water partition coefficient (Wildman–Crippen LogP) is 1.37. The Morgan fingerprint density at radius 2 is 2.15 bits per heavy atom. The van der Waals surface area contributed by atoms with Gasteiger partial charge >= 0.3 is 0 Å². The fourth-order valence-corrected chi connectivity index (χ4v) is 1.31. The van der Waals surface area contributed by atoms with Crippen molar-refractivity contribution in [1.82, 2.24) is 4.98 Å². The average molecular weight is 222 g/mol. The van der Waals surface area contributed by atoms with Gasteiger partial charge in [-0.1, -0.05) is 17.7 Å². The average Bonchev–Trinajstić information content (AvgIpc) is 2.16. The molecule has 0 saturated carbocycles. The molecule has 1 rings (SSSR count). The van der Waals surface area contributed by atoms with Crippen molar-refractivity contribution in [2.75, 3.05) is 5.88 Å². The molecule has 1 aromatic heterocycles. The minimum absolute atomic E-state index is 0.0492. The molecule has 0 fully saturated rings. The van der Waals surface area contributed by atoms with Gasteiger partial charge in [0.15, 0.2) is 0 Å². The van der Waals surface area contributed by atoms with Crippen molar-refractivity contribution in [3.05, 3.63) is 29.0 Å². The smallest absolute Gasteiger partial charge is 0.134 e. The first-order valence-electron chi connectivity index (χ1n) is 3.69. The monoisotopic (exact) mass is 221 g/mol. The number of rotatable bonds is 3. The number of pyridine rings is 1. The first-order valence-corrected chi connectivity index (χ1v) is 4.60. The molecule has 0 bridgehead atoms. The van der Waals surface area contributed by atoms with E-state index in [1.54, 1.807) is 12.1 Å². The van der Waals surface area contributed by atoms with Gasteiger partial charge in [0.1, 0.15) is 11.3 Å². The van der Waals surface area contributed by atoms with Crippen LogP contribution < -0.4 is 0 Å². The molecule has 72 valence electrons. The highest BCUT2D eigenvalue weighted by atomic mass is 35.5. The van der Waals surface area contributed by atoms with Crippen LogP contribution >= 0.6 is 23.2 Å². The van der Waals surface area contributed by atoms with E-state index >= 15 is 0 Å². The van der Waals surface area contributed by atoms with E-state index in [1.165, 1.54) is 6.20 Å². The highest BCUT2D eigenvalue weighted by Gasteiger charge is 2.19. The SMILES string of the molecule is OC(CCl)C(O)c1cccnc1Cl. The Morgan fingerprint density at radius 1 is 1.46 bits per heavy atom. The Bertz CT molecular complexity index is 283. The lowest BCUT2D eigenvalue weighted by Gasteiger charge is -2.15. The number of aromatic nitrogens is 1. The van der Waals surface area contributed by atoms with E-state index in [-0.39, 0.29) is 11.0 Å². The van der Waals surface area contributed by atoms with Crippen molar-refractivity contribution < 1.29 is 10.2 Å². The Labute approximate surface area is 85.9 Å². The molecule has 5 heteroatoms. The summed E-state index contributed by atoms with van der Waals surface area (Å²) >= 11 is 11.1. The molecular weight excluding hydrogens is 213 g/mol. The topological polar surface area (TPSA) is 53.4 Å². The molecule has 0 radical (unpaired) electrons. The van der Waals surface area contributed by atoms with Crippen molar-refractivity contribution in [2.45, 2.75) is 12.2 Å². The molecular formula is C8H9Cl2NO2. The van der Waals surface area contributed by atoms with Gasteiger partial charge in [-0.25, -0.2) is 4.98 Å². The van der Waals surface area contributed by atoms with Crippen LogP contribution in [0.1, 0.15) is 11.7 Å². The largest absolute Gasteiger partial charge is 0.389 e. The van der Waals surface area contributed by atoms with Gasteiger partial charge in [0.05, 0.1) is 12.0 Å². The zero-order valence-corrected chi connectivity index (χ0v) is 8.20. The number of aliphatic hydroxyl groups is 2. The molecule has 0 aliphatic carbocycles. The third-order valence-corrected chi connectivity index (χ3v) is 2.26. The molecule has 0 aliphatic rings. The van der Waals surface area contributed by atoms with Crippen LogP contribution in [-0.4, -0.2) is 27.2 Å². The minimum atomic E-state index is -1.08. The standard InChI is InChI=1S/C8H9Cl2NO2/c9-4-6(12)7(13)5-2-1-3-11-8(5)10/h1-3,6-7,12-13H,4H2. The quantitative estimate of drug-likeness (QED) is 0.599. The fraction of sp³-hybridized carbons (Fsp3) is 0.375. The van der Waals surface area contributed by atoms with Gasteiger partial charge in [-0.15, -0.1) is 11.6 Å². The number of nitrogens with zero attached hydrogens (tertiary/aromatic N) is 1. The fourth-order valence-electron chi connectivity index (χ4n) is 0.911.